The molecule has 1 amide bonds. The first-order chi connectivity index (χ1) is 19.6. The number of nitrogens with zero attached hydrogens (tertiary/aromatic N) is 1. The molecule has 3 rings (SSSR count). The van der Waals surface area contributed by atoms with Crippen molar-refractivity contribution < 1.29 is 34.5 Å². The van der Waals surface area contributed by atoms with Gasteiger partial charge in [0.25, 0.3) is 0 Å². The van der Waals surface area contributed by atoms with Gasteiger partial charge in [0.05, 0.1) is 17.8 Å². The van der Waals surface area contributed by atoms with Crippen LogP contribution in [-0.4, -0.2) is 62.3 Å². The van der Waals surface area contributed by atoms with Crippen molar-refractivity contribution >= 4 is 42.3 Å². The number of likely N-dealkylation sites (tertiary alicyclic amines) is 1. The second-order valence-electron chi connectivity index (χ2n) is 11.1. The predicted octanol–water partition coefficient (Wildman–Crippen LogP) is 4.82. The van der Waals surface area contributed by atoms with Gasteiger partial charge in [-0.3, -0.25) is 19.2 Å². The maximum Gasteiger partial charge on any atom is 0.306 e. The molecule has 6 atom stereocenters. The van der Waals surface area contributed by atoms with E-state index in [0.717, 1.165) is 12.8 Å². The highest BCUT2D eigenvalue weighted by atomic mass is 31.1. The average Bonchev–Trinajstić information content (AvgIpc) is 3.39. The Bertz CT molecular complexity index is 1140. The van der Waals surface area contributed by atoms with Crippen LogP contribution in [0.2, 0.25) is 0 Å². The predicted molar refractivity (Wildman–Crippen MR) is 160 cm³/mol. The second-order valence-corrected chi connectivity index (χ2v) is 13.6. The molecule has 222 valence electrons. The third kappa shape index (κ3) is 8.38. The summed E-state index contributed by atoms with van der Waals surface area (Å²) < 4.78 is 0. The standard InChI is InChI=1S/C32H42NO7P/c1-4-22(31(37)38)17-23(18-24(32(39)40)16-21(3)30(35)36)29(34)33-20-28(19-25(33)5-2)41(26-12-8-6-9-13-26)27-14-10-7-11-15-27/h6-15,21-25,28H,4-5,16-20H2,1-3H3,(H,35,36)(H,37,38)(H,39,40). The van der Waals surface area contributed by atoms with Crippen LogP contribution in [-0.2, 0) is 19.2 Å². The highest BCUT2D eigenvalue weighted by Gasteiger charge is 2.42. The van der Waals surface area contributed by atoms with Gasteiger partial charge in [0.1, 0.15) is 0 Å². The molecule has 0 spiro atoms. The van der Waals surface area contributed by atoms with E-state index < -0.39 is 49.5 Å². The normalized spacial score (nSPS) is 19.9. The number of amides is 1. The van der Waals surface area contributed by atoms with Crippen LogP contribution < -0.4 is 10.6 Å². The molecule has 2 aromatic carbocycles. The fraction of sp³-hybridized carbons (Fsp3) is 0.500. The van der Waals surface area contributed by atoms with Crippen molar-refractivity contribution in [3.8, 4) is 0 Å². The van der Waals surface area contributed by atoms with Gasteiger partial charge < -0.3 is 20.2 Å². The van der Waals surface area contributed by atoms with Crippen LogP contribution in [0.4, 0.5) is 0 Å². The van der Waals surface area contributed by atoms with Gasteiger partial charge in [-0.1, -0.05) is 81.4 Å². The van der Waals surface area contributed by atoms with Gasteiger partial charge in [-0.2, -0.15) is 0 Å². The Morgan fingerprint density at radius 1 is 0.780 bits per heavy atom. The van der Waals surface area contributed by atoms with E-state index in [4.69, 9.17) is 0 Å². The molecule has 0 saturated carbocycles. The molecule has 1 aliphatic rings. The lowest BCUT2D eigenvalue weighted by molar-refractivity contribution is -0.147. The van der Waals surface area contributed by atoms with E-state index in [-0.39, 0.29) is 36.9 Å². The first kappa shape index (κ1) is 32.3. The van der Waals surface area contributed by atoms with Gasteiger partial charge >= 0.3 is 17.9 Å². The number of carboxylic acids is 3. The van der Waals surface area contributed by atoms with Crippen molar-refractivity contribution in [2.75, 3.05) is 6.54 Å². The van der Waals surface area contributed by atoms with Crippen LogP contribution in [0, 0.1) is 23.7 Å². The van der Waals surface area contributed by atoms with E-state index in [0.29, 0.717) is 13.0 Å². The van der Waals surface area contributed by atoms with Crippen LogP contribution in [0.3, 0.4) is 0 Å². The number of carboxylic acid groups (broad SMARTS) is 3. The largest absolute Gasteiger partial charge is 0.481 e. The topological polar surface area (TPSA) is 132 Å². The van der Waals surface area contributed by atoms with Gasteiger partial charge in [0.15, 0.2) is 0 Å². The molecule has 6 unspecified atom stereocenters. The molecule has 2 aromatic rings. The van der Waals surface area contributed by atoms with Crippen molar-refractivity contribution in [3.63, 3.8) is 0 Å². The third-order valence-corrected chi connectivity index (χ3v) is 11.1. The zero-order valence-corrected chi connectivity index (χ0v) is 25.0. The summed E-state index contributed by atoms with van der Waals surface area (Å²) in [7, 11) is -0.779. The Morgan fingerprint density at radius 2 is 1.29 bits per heavy atom. The van der Waals surface area contributed by atoms with Crippen molar-refractivity contribution in [3.05, 3.63) is 60.7 Å². The van der Waals surface area contributed by atoms with Crippen LogP contribution in [0.1, 0.15) is 59.3 Å². The number of hydrogen-bond donors (Lipinski definition) is 3. The summed E-state index contributed by atoms with van der Waals surface area (Å²) in [5.74, 6) is -7.07. The smallest absolute Gasteiger partial charge is 0.306 e. The molecule has 1 fully saturated rings. The molecule has 0 radical (unpaired) electrons. The summed E-state index contributed by atoms with van der Waals surface area (Å²) in [6, 6.07) is 20.6. The first-order valence-electron chi connectivity index (χ1n) is 14.4. The van der Waals surface area contributed by atoms with E-state index in [9.17, 15) is 34.5 Å². The lowest BCUT2D eigenvalue weighted by Crippen LogP contribution is -2.42. The quantitative estimate of drug-likeness (QED) is 0.256. The molecular weight excluding hydrogens is 541 g/mol. The van der Waals surface area contributed by atoms with Crippen LogP contribution in [0.25, 0.3) is 0 Å². The number of hydrogen-bond acceptors (Lipinski definition) is 4. The third-order valence-electron chi connectivity index (χ3n) is 8.32. The molecule has 0 aliphatic carbocycles. The van der Waals surface area contributed by atoms with Gasteiger partial charge in [0.2, 0.25) is 5.91 Å². The first-order valence-corrected chi connectivity index (χ1v) is 15.9. The van der Waals surface area contributed by atoms with Crippen LogP contribution >= 0.6 is 7.92 Å². The minimum Gasteiger partial charge on any atom is -0.481 e. The number of aliphatic carboxylic acids is 3. The number of carbonyl (C=O) groups excluding carboxylic acids is 1. The van der Waals surface area contributed by atoms with Gasteiger partial charge in [-0.05, 0) is 57.1 Å². The number of rotatable bonds is 15. The summed E-state index contributed by atoms with van der Waals surface area (Å²) >= 11 is 0. The van der Waals surface area contributed by atoms with Crippen molar-refractivity contribution in [2.24, 2.45) is 23.7 Å². The maximum atomic E-state index is 14.2. The highest BCUT2D eigenvalue weighted by Crippen LogP contribution is 2.46. The molecular formula is C32H42NO7P. The fourth-order valence-corrected chi connectivity index (χ4v) is 8.89. The summed E-state index contributed by atoms with van der Waals surface area (Å²) in [6.07, 6.45) is 1.68. The van der Waals surface area contributed by atoms with E-state index in [1.807, 2.05) is 48.2 Å². The van der Waals surface area contributed by atoms with Gasteiger partial charge in [-0.25, -0.2) is 0 Å². The maximum absolute atomic E-state index is 14.2. The van der Waals surface area contributed by atoms with E-state index in [1.54, 1.807) is 6.92 Å². The van der Waals surface area contributed by atoms with E-state index in [1.165, 1.54) is 17.5 Å². The van der Waals surface area contributed by atoms with Crippen molar-refractivity contribution in [1.82, 2.24) is 4.90 Å². The minimum absolute atomic E-state index is 0.0274. The molecule has 1 aliphatic heterocycles. The summed E-state index contributed by atoms with van der Waals surface area (Å²) in [4.78, 5) is 51.7. The van der Waals surface area contributed by atoms with Crippen LogP contribution in [0.5, 0.6) is 0 Å². The second kappa shape index (κ2) is 15.1. The zero-order chi connectivity index (χ0) is 30.1. The summed E-state index contributed by atoms with van der Waals surface area (Å²) in [6.45, 7) is 5.75. The molecule has 0 bridgehead atoms. The number of carbonyl (C=O) groups is 4. The molecule has 8 nitrogen and oxygen atoms in total. The molecule has 1 saturated heterocycles. The number of benzene rings is 2. The lowest BCUT2D eigenvalue weighted by atomic mass is 9.81. The highest BCUT2D eigenvalue weighted by molar-refractivity contribution is 7.73. The lowest BCUT2D eigenvalue weighted by Gasteiger charge is -2.31. The van der Waals surface area contributed by atoms with E-state index >= 15 is 0 Å². The minimum atomic E-state index is -1.16. The van der Waals surface area contributed by atoms with Crippen molar-refractivity contribution in [1.29, 1.82) is 0 Å². The average molecular weight is 584 g/mol. The molecule has 9 heteroatoms. The van der Waals surface area contributed by atoms with E-state index in [2.05, 4.69) is 24.3 Å². The zero-order valence-electron chi connectivity index (χ0n) is 24.1. The Hall–Kier alpha value is -3.25. The summed E-state index contributed by atoms with van der Waals surface area (Å²) in [5, 5.41) is 31.5. The monoisotopic (exact) mass is 583 g/mol. The Kier molecular flexibility index (Phi) is 11.9. The van der Waals surface area contributed by atoms with Gasteiger partial charge in [-0.15, -0.1) is 0 Å². The Morgan fingerprint density at radius 3 is 1.73 bits per heavy atom. The van der Waals surface area contributed by atoms with Crippen LogP contribution in [0.15, 0.2) is 60.7 Å². The molecule has 1 heterocycles. The Balaban J connectivity index is 1.94. The van der Waals surface area contributed by atoms with Gasteiger partial charge in [0, 0.05) is 24.2 Å². The fourth-order valence-electron chi connectivity index (χ4n) is 5.97. The molecule has 3 N–H and O–H groups in total. The molecule has 0 aromatic heterocycles. The van der Waals surface area contributed by atoms with Crippen molar-refractivity contribution in [2.45, 2.75) is 71.0 Å². The molecule has 41 heavy (non-hydrogen) atoms. The Labute approximate surface area is 243 Å². The summed E-state index contributed by atoms with van der Waals surface area (Å²) in [5.41, 5.74) is 0.188. The SMILES string of the molecule is CCC(CC(CC(CC(C)C(=O)O)C(=O)O)C(=O)N1CC(P(c2ccccc2)c2ccccc2)CC1CC)C(=O)O.